The summed E-state index contributed by atoms with van der Waals surface area (Å²) in [5.74, 6) is -0.301. The number of ether oxygens (including phenoxy) is 2. The normalized spacial score (nSPS) is 34.8. The Morgan fingerprint density at radius 1 is 1.53 bits per heavy atom. The molecule has 0 aromatic carbocycles. The molecule has 0 bridgehead atoms. The van der Waals surface area contributed by atoms with Gasteiger partial charge in [-0.25, -0.2) is 0 Å². The first kappa shape index (κ1) is 14.3. The number of rotatable bonds is 4. The molecule has 108 valence electrons. The Hall–Kier alpha value is -1.10. The van der Waals surface area contributed by atoms with Gasteiger partial charge in [-0.05, 0) is 33.1 Å². The molecule has 0 radical (unpaired) electrons. The van der Waals surface area contributed by atoms with E-state index in [0.29, 0.717) is 19.6 Å². The molecule has 0 aromatic rings. The Labute approximate surface area is 114 Å². The molecule has 0 N–H and O–H groups in total. The van der Waals surface area contributed by atoms with Gasteiger partial charge in [-0.15, -0.1) is 0 Å². The predicted molar refractivity (Wildman–Crippen MR) is 69.6 cm³/mol. The van der Waals surface area contributed by atoms with Crippen LogP contribution in [0.15, 0.2) is 0 Å². The fourth-order valence-electron chi connectivity index (χ4n) is 3.54. The fraction of sp³-hybridized carbons (Fsp3) is 0.857. The van der Waals surface area contributed by atoms with Crippen LogP contribution in [0.5, 0.6) is 0 Å². The van der Waals surface area contributed by atoms with Crippen molar-refractivity contribution in [3.63, 3.8) is 0 Å². The highest BCUT2D eigenvalue weighted by Crippen LogP contribution is 2.42. The average molecular weight is 269 g/mol. The van der Waals surface area contributed by atoms with Crippen molar-refractivity contribution in [3.8, 4) is 0 Å². The molecule has 2 fully saturated rings. The summed E-state index contributed by atoms with van der Waals surface area (Å²) in [4.78, 5) is 26.0. The van der Waals surface area contributed by atoms with E-state index in [1.807, 2.05) is 13.8 Å². The van der Waals surface area contributed by atoms with E-state index in [0.717, 1.165) is 19.3 Å². The first-order valence-corrected chi connectivity index (χ1v) is 7.16. The summed E-state index contributed by atoms with van der Waals surface area (Å²) >= 11 is 0. The fourth-order valence-corrected chi connectivity index (χ4v) is 3.54. The van der Waals surface area contributed by atoms with Gasteiger partial charge in [-0.1, -0.05) is 6.92 Å². The van der Waals surface area contributed by atoms with Crippen LogP contribution in [0.3, 0.4) is 0 Å². The van der Waals surface area contributed by atoms with Gasteiger partial charge in [0.25, 0.3) is 0 Å². The molecule has 0 amide bonds. The molecule has 2 rings (SSSR count). The van der Waals surface area contributed by atoms with Gasteiger partial charge in [0, 0.05) is 12.1 Å². The third-order valence-corrected chi connectivity index (χ3v) is 4.38. The van der Waals surface area contributed by atoms with E-state index in [4.69, 9.17) is 9.47 Å². The number of hydrogen-bond donors (Lipinski definition) is 0. The van der Waals surface area contributed by atoms with E-state index < -0.39 is 5.54 Å². The van der Waals surface area contributed by atoms with Crippen LogP contribution in [0.2, 0.25) is 0 Å². The minimum absolute atomic E-state index is 0.0989. The number of cyclic esters (lactones) is 1. The van der Waals surface area contributed by atoms with Crippen molar-refractivity contribution in [1.82, 2.24) is 4.90 Å². The zero-order valence-corrected chi connectivity index (χ0v) is 12.0. The Morgan fingerprint density at radius 3 is 2.89 bits per heavy atom. The molecule has 2 saturated heterocycles. The maximum Gasteiger partial charge on any atom is 0.326 e. The summed E-state index contributed by atoms with van der Waals surface area (Å²) in [6.45, 7) is 6.70. The third kappa shape index (κ3) is 2.36. The summed E-state index contributed by atoms with van der Waals surface area (Å²) in [7, 11) is 0. The zero-order valence-electron chi connectivity index (χ0n) is 12.0. The minimum Gasteiger partial charge on any atom is -0.466 e. The number of morpholine rings is 1. The van der Waals surface area contributed by atoms with Crippen LogP contribution < -0.4 is 0 Å². The van der Waals surface area contributed by atoms with Gasteiger partial charge in [0.15, 0.2) is 0 Å². The van der Waals surface area contributed by atoms with Crippen LogP contribution >= 0.6 is 0 Å². The molecule has 2 aliphatic heterocycles. The van der Waals surface area contributed by atoms with Crippen LogP contribution in [0, 0.1) is 0 Å². The molecule has 5 nitrogen and oxygen atoms in total. The van der Waals surface area contributed by atoms with Crippen molar-refractivity contribution in [2.45, 2.75) is 64.1 Å². The highest BCUT2D eigenvalue weighted by atomic mass is 16.5. The summed E-state index contributed by atoms with van der Waals surface area (Å²) in [6.07, 6.45) is 2.73. The lowest BCUT2D eigenvalue weighted by atomic mass is 9.90. The number of carbonyl (C=O) groups excluding carboxylic acids is 2. The van der Waals surface area contributed by atoms with Gasteiger partial charge in [-0.2, -0.15) is 0 Å². The smallest absolute Gasteiger partial charge is 0.326 e. The van der Waals surface area contributed by atoms with Gasteiger partial charge in [-0.3, -0.25) is 14.5 Å². The summed E-state index contributed by atoms with van der Waals surface area (Å²) in [6, 6.07) is 0.265. The lowest BCUT2D eigenvalue weighted by molar-refractivity contribution is -0.175. The van der Waals surface area contributed by atoms with Gasteiger partial charge < -0.3 is 9.47 Å². The molecule has 0 saturated carbocycles. The topological polar surface area (TPSA) is 55.8 Å². The average Bonchev–Trinajstić information content (AvgIpc) is 2.75. The van der Waals surface area contributed by atoms with E-state index >= 15 is 0 Å². The molecule has 0 unspecified atom stereocenters. The molecule has 0 spiro atoms. The number of carbonyl (C=O) groups is 2. The highest BCUT2D eigenvalue weighted by molar-refractivity contribution is 5.82. The molecule has 5 heteroatoms. The summed E-state index contributed by atoms with van der Waals surface area (Å²) < 4.78 is 10.3. The Kier molecular flexibility index (Phi) is 4.13. The molecule has 2 heterocycles. The van der Waals surface area contributed by atoms with Crippen molar-refractivity contribution < 1.29 is 19.1 Å². The molecular formula is C14H23NO4. The quantitative estimate of drug-likeness (QED) is 0.724. The first-order valence-electron chi connectivity index (χ1n) is 7.16. The predicted octanol–water partition coefficient (Wildman–Crippen LogP) is 1.50. The highest BCUT2D eigenvalue weighted by Gasteiger charge is 2.56. The van der Waals surface area contributed by atoms with Crippen LogP contribution in [-0.4, -0.2) is 47.7 Å². The first-order chi connectivity index (χ1) is 9.05. The van der Waals surface area contributed by atoms with Crippen LogP contribution in [0.4, 0.5) is 0 Å². The van der Waals surface area contributed by atoms with E-state index in [1.54, 1.807) is 0 Å². The van der Waals surface area contributed by atoms with Crippen LogP contribution in [0.1, 0.15) is 46.5 Å². The monoisotopic (exact) mass is 269 g/mol. The second-order valence-corrected chi connectivity index (χ2v) is 5.44. The van der Waals surface area contributed by atoms with E-state index in [1.165, 1.54) is 0 Å². The van der Waals surface area contributed by atoms with Crippen molar-refractivity contribution in [3.05, 3.63) is 0 Å². The van der Waals surface area contributed by atoms with Crippen molar-refractivity contribution in [1.29, 1.82) is 0 Å². The second-order valence-electron chi connectivity index (χ2n) is 5.44. The Morgan fingerprint density at radius 2 is 2.26 bits per heavy atom. The van der Waals surface area contributed by atoms with Gasteiger partial charge in [0.05, 0.1) is 13.0 Å². The summed E-state index contributed by atoms with van der Waals surface area (Å²) in [5.41, 5.74) is -0.519. The van der Waals surface area contributed by atoms with Gasteiger partial charge >= 0.3 is 11.9 Å². The largest absolute Gasteiger partial charge is 0.466 e. The molecule has 3 atom stereocenters. The molecule has 2 aliphatic rings. The lowest BCUT2D eigenvalue weighted by Gasteiger charge is -2.45. The maximum absolute atomic E-state index is 12.2. The van der Waals surface area contributed by atoms with Crippen molar-refractivity contribution in [2.24, 2.45) is 0 Å². The SMILES string of the molecule is CCOC(=O)C[C@H]1CC[C@]2(CC)C(=O)OC[C@H](C)N12. The number of esters is 2. The third-order valence-electron chi connectivity index (χ3n) is 4.38. The van der Waals surface area contributed by atoms with Gasteiger partial charge in [0.1, 0.15) is 12.1 Å². The van der Waals surface area contributed by atoms with Crippen molar-refractivity contribution in [2.75, 3.05) is 13.2 Å². The molecule has 0 aliphatic carbocycles. The second kappa shape index (κ2) is 5.49. The number of hydrogen-bond acceptors (Lipinski definition) is 5. The Balaban J connectivity index is 2.16. The van der Waals surface area contributed by atoms with Crippen LogP contribution in [0.25, 0.3) is 0 Å². The zero-order chi connectivity index (χ0) is 14.0. The number of nitrogens with zero attached hydrogens (tertiary/aromatic N) is 1. The van der Waals surface area contributed by atoms with E-state index in [-0.39, 0.29) is 24.0 Å². The van der Waals surface area contributed by atoms with Crippen LogP contribution in [-0.2, 0) is 19.1 Å². The van der Waals surface area contributed by atoms with Crippen molar-refractivity contribution >= 4 is 11.9 Å². The Bertz CT molecular complexity index is 370. The summed E-state index contributed by atoms with van der Waals surface area (Å²) in [5, 5.41) is 0. The molecular weight excluding hydrogens is 246 g/mol. The lowest BCUT2D eigenvalue weighted by Crippen LogP contribution is -2.62. The molecule has 0 aromatic heterocycles. The molecule has 19 heavy (non-hydrogen) atoms. The minimum atomic E-state index is -0.519. The van der Waals surface area contributed by atoms with Gasteiger partial charge in [0.2, 0.25) is 0 Å². The van der Waals surface area contributed by atoms with E-state index in [2.05, 4.69) is 11.8 Å². The maximum atomic E-state index is 12.2. The van der Waals surface area contributed by atoms with E-state index in [9.17, 15) is 9.59 Å². The number of fused-ring (bicyclic) bond motifs is 1. The standard InChI is InChI=1S/C14H23NO4/c1-4-14-7-6-11(8-12(16)18-5-2)15(14)10(3)9-19-13(14)17/h10-11H,4-9H2,1-3H3/t10-,11+,14+/m0/s1.